The number of rotatable bonds is 4. The molecule has 3 fully saturated rings. The van der Waals surface area contributed by atoms with Gasteiger partial charge in [-0.1, -0.05) is 5.21 Å². The number of carbonyl (C=O) groups is 2. The zero-order valence-electron chi connectivity index (χ0n) is 15.7. The van der Waals surface area contributed by atoms with Gasteiger partial charge >= 0.3 is 0 Å². The van der Waals surface area contributed by atoms with Crippen LogP contribution in [-0.2, 0) is 9.59 Å². The van der Waals surface area contributed by atoms with Crippen molar-refractivity contribution in [2.75, 3.05) is 32.6 Å². The third kappa shape index (κ3) is 4.08. The molecule has 2 amide bonds. The van der Waals surface area contributed by atoms with E-state index in [0.717, 1.165) is 44.7 Å². The second-order valence-corrected chi connectivity index (χ2v) is 7.93. The van der Waals surface area contributed by atoms with E-state index in [2.05, 4.69) is 25.4 Å². The highest BCUT2D eigenvalue weighted by Crippen LogP contribution is 2.30. The van der Waals surface area contributed by atoms with Crippen LogP contribution in [0.25, 0.3) is 0 Å². The zero-order chi connectivity index (χ0) is 18.8. The summed E-state index contributed by atoms with van der Waals surface area (Å²) in [5.74, 6) is -0.0880. The van der Waals surface area contributed by atoms with E-state index in [0.29, 0.717) is 31.2 Å². The van der Waals surface area contributed by atoms with Crippen LogP contribution >= 0.6 is 0 Å². The van der Waals surface area contributed by atoms with Gasteiger partial charge in [-0.05, 0) is 64.7 Å². The molecule has 4 rings (SSSR count). The van der Waals surface area contributed by atoms with Crippen molar-refractivity contribution < 1.29 is 9.59 Å². The summed E-state index contributed by atoms with van der Waals surface area (Å²) in [6.45, 7) is 4.37. The van der Waals surface area contributed by atoms with Crippen molar-refractivity contribution in [3.05, 3.63) is 11.9 Å². The lowest BCUT2D eigenvalue weighted by Gasteiger charge is -2.41. The number of likely N-dealkylation sites (tertiary alicyclic amines) is 2. The number of aromatic nitrogens is 3. The molecule has 3 saturated heterocycles. The standard InChI is InChI=1S/C18H27BN6O2/c19-12-23-7-5-14(6-8-23)24-9-3-13(4-10-24)15-11-25(22-21-15)16-1-2-17(26)20-18(16)27/h11,13-14,16H,1-10,12H2,(H,20,26,27). The molecule has 3 aliphatic heterocycles. The predicted molar refractivity (Wildman–Crippen MR) is 100 cm³/mol. The molecule has 144 valence electrons. The van der Waals surface area contributed by atoms with Crippen LogP contribution in [0.3, 0.4) is 0 Å². The second kappa shape index (κ2) is 8.10. The van der Waals surface area contributed by atoms with Crippen LogP contribution in [-0.4, -0.2) is 83.1 Å². The molecule has 1 N–H and O–H groups in total. The van der Waals surface area contributed by atoms with E-state index >= 15 is 0 Å². The summed E-state index contributed by atoms with van der Waals surface area (Å²) in [4.78, 5) is 28.3. The van der Waals surface area contributed by atoms with E-state index in [-0.39, 0.29) is 11.8 Å². The lowest BCUT2D eigenvalue weighted by atomic mass is 9.91. The molecule has 1 aromatic rings. The Labute approximate surface area is 161 Å². The average Bonchev–Trinajstić information content (AvgIpc) is 3.18. The lowest BCUT2D eigenvalue weighted by Crippen LogP contribution is -2.47. The van der Waals surface area contributed by atoms with E-state index < -0.39 is 6.04 Å². The number of imide groups is 1. The van der Waals surface area contributed by atoms with E-state index in [1.54, 1.807) is 4.68 Å². The molecule has 27 heavy (non-hydrogen) atoms. The fraction of sp³-hybridized carbons (Fsp3) is 0.778. The van der Waals surface area contributed by atoms with Gasteiger partial charge in [-0.25, -0.2) is 4.68 Å². The number of nitrogens with zero attached hydrogens (tertiary/aromatic N) is 5. The van der Waals surface area contributed by atoms with Gasteiger partial charge in [0, 0.05) is 24.6 Å². The fourth-order valence-electron chi connectivity index (χ4n) is 4.59. The average molecular weight is 370 g/mol. The Bertz CT molecular complexity index is 679. The highest BCUT2D eigenvalue weighted by atomic mass is 16.2. The molecule has 2 radical (unpaired) electrons. The summed E-state index contributed by atoms with van der Waals surface area (Å²) in [5.41, 5.74) is 0.970. The lowest BCUT2D eigenvalue weighted by molar-refractivity contribution is -0.136. The van der Waals surface area contributed by atoms with Crippen LogP contribution in [0, 0.1) is 0 Å². The molecule has 4 heterocycles. The first-order valence-electron chi connectivity index (χ1n) is 10.1. The van der Waals surface area contributed by atoms with Crippen molar-refractivity contribution in [1.82, 2.24) is 30.1 Å². The molecule has 0 saturated carbocycles. The third-order valence-electron chi connectivity index (χ3n) is 6.34. The largest absolute Gasteiger partial charge is 0.312 e. The van der Waals surface area contributed by atoms with Crippen molar-refractivity contribution in [2.24, 2.45) is 0 Å². The molecule has 1 unspecified atom stereocenters. The van der Waals surface area contributed by atoms with Gasteiger partial charge in [0.05, 0.1) is 13.5 Å². The van der Waals surface area contributed by atoms with Crippen molar-refractivity contribution in [3.8, 4) is 0 Å². The number of carbonyl (C=O) groups excluding carboxylic acids is 2. The van der Waals surface area contributed by atoms with Crippen LogP contribution in [0.15, 0.2) is 6.20 Å². The van der Waals surface area contributed by atoms with Crippen molar-refractivity contribution >= 4 is 19.7 Å². The molecule has 8 nitrogen and oxygen atoms in total. The molecule has 0 spiro atoms. The van der Waals surface area contributed by atoms with Crippen LogP contribution in [0.2, 0.25) is 0 Å². The van der Waals surface area contributed by atoms with E-state index in [4.69, 9.17) is 7.85 Å². The predicted octanol–water partition coefficient (Wildman–Crippen LogP) is 0.0256. The van der Waals surface area contributed by atoms with Gasteiger partial charge in [-0.3, -0.25) is 14.9 Å². The second-order valence-electron chi connectivity index (χ2n) is 7.93. The summed E-state index contributed by atoms with van der Waals surface area (Å²) in [5, 5.41) is 10.9. The Morgan fingerprint density at radius 1 is 1.07 bits per heavy atom. The number of nitrogens with one attached hydrogen (secondary N) is 1. The van der Waals surface area contributed by atoms with Crippen molar-refractivity contribution in [1.29, 1.82) is 0 Å². The van der Waals surface area contributed by atoms with Gasteiger partial charge < -0.3 is 9.80 Å². The van der Waals surface area contributed by atoms with Gasteiger partial charge in [-0.15, -0.1) is 5.10 Å². The first kappa shape index (κ1) is 18.6. The van der Waals surface area contributed by atoms with Crippen LogP contribution in [0.5, 0.6) is 0 Å². The quantitative estimate of drug-likeness (QED) is 0.595. The Hall–Kier alpha value is -1.74. The maximum absolute atomic E-state index is 12.0. The zero-order valence-corrected chi connectivity index (χ0v) is 15.7. The van der Waals surface area contributed by atoms with Gasteiger partial charge in [0.2, 0.25) is 5.91 Å². The van der Waals surface area contributed by atoms with Gasteiger partial charge in [-0.2, -0.15) is 0 Å². The van der Waals surface area contributed by atoms with E-state index in [1.165, 1.54) is 12.8 Å². The molecule has 9 heteroatoms. The number of hydrogen-bond donors (Lipinski definition) is 1. The van der Waals surface area contributed by atoms with E-state index in [1.807, 2.05) is 6.20 Å². The minimum Gasteiger partial charge on any atom is -0.312 e. The van der Waals surface area contributed by atoms with Crippen LogP contribution in [0.4, 0.5) is 0 Å². The molecule has 0 aromatic carbocycles. The number of piperidine rings is 3. The normalized spacial score (nSPS) is 27.0. The summed E-state index contributed by atoms with van der Waals surface area (Å²) in [6.07, 6.45) is 7.97. The summed E-state index contributed by atoms with van der Waals surface area (Å²) in [7, 11) is 5.74. The topological polar surface area (TPSA) is 83.4 Å². The Kier molecular flexibility index (Phi) is 5.59. The van der Waals surface area contributed by atoms with Crippen LogP contribution < -0.4 is 5.32 Å². The molecule has 3 aliphatic rings. The van der Waals surface area contributed by atoms with Crippen molar-refractivity contribution in [3.63, 3.8) is 0 Å². The Balaban J connectivity index is 1.31. The fourth-order valence-corrected chi connectivity index (χ4v) is 4.59. The van der Waals surface area contributed by atoms with Gasteiger partial charge in [0.1, 0.15) is 6.04 Å². The van der Waals surface area contributed by atoms with Gasteiger partial charge in [0.15, 0.2) is 0 Å². The number of amides is 2. The SMILES string of the molecule is [B]CN1CCC(N2CCC(c3cn(C4CCC(=O)NC4=O)nn3)CC2)CC1. The third-order valence-corrected chi connectivity index (χ3v) is 6.34. The molecule has 1 aromatic heterocycles. The van der Waals surface area contributed by atoms with Crippen LogP contribution in [0.1, 0.15) is 56.2 Å². The monoisotopic (exact) mass is 370 g/mol. The molecule has 1 atom stereocenters. The Morgan fingerprint density at radius 3 is 2.48 bits per heavy atom. The van der Waals surface area contributed by atoms with E-state index in [9.17, 15) is 9.59 Å². The molecule has 0 aliphatic carbocycles. The summed E-state index contributed by atoms with van der Waals surface area (Å²) < 4.78 is 1.63. The van der Waals surface area contributed by atoms with Gasteiger partial charge in [0.25, 0.3) is 5.91 Å². The first-order chi connectivity index (χ1) is 13.1. The first-order valence-corrected chi connectivity index (χ1v) is 10.1. The minimum absolute atomic E-state index is 0.207. The Morgan fingerprint density at radius 2 is 1.81 bits per heavy atom. The molecule has 0 bridgehead atoms. The number of hydrogen-bond acceptors (Lipinski definition) is 6. The highest BCUT2D eigenvalue weighted by molar-refractivity contribution is 6.08. The maximum Gasteiger partial charge on any atom is 0.251 e. The summed E-state index contributed by atoms with van der Waals surface area (Å²) in [6, 6.07) is 0.254. The maximum atomic E-state index is 12.0. The smallest absolute Gasteiger partial charge is 0.251 e. The molecular weight excluding hydrogens is 343 g/mol. The highest BCUT2D eigenvalue weighted by Gasteiger charge is 2.32. The molecular formula is C18H27BN6O2. The summed E-state index contributed by atoms with van der Waals surface area (Å²) >= 11 is 0. The minimum atomic E-state index is -0.420. The van der Waals surface area contributed by atoms with Crippen molar-refractivity contribution in [2.45, 2.75) is 56.5 Å².